The van der Waals surface area contributed by atoms with Crippen molar-refractivity contribution in [3.05, 3.63) is 105 Å². The summed E-state index contributed by atoms with van der Waals surface area (Å²) in [6.45, 7) is 4.63. The molecule has 0 aliphatic carbocycles. The predicted molar refractivity (Wildman–Crippen MR) is 145 cm³/mol. The standard InChI is InChI=1S/C14H10Cl4.C12H19N3O/c15-10-7-5-9(6-8-10)13(14(17)18)11-3-1-2-4-12(11)16;1-9(2)15-12(16)11-6-4-10(5-7-11)8-14-13-3/h1-8,13-14H;4-7,9,13-14H,8H2,1-3H3,(H,15,16). The molecule has 3 aromatic rings. The van der Waals surface area contributed by atoms with E-state index in [4.69, 9.17) is 46.4 Å². The first-order valence-electron chi connectivity index (χ1n) is 10.8. The van der Waals surface area contributed by atoms with Gasteiger partial charge in [-0.25, -0.2) is 0 Å². The van der Waals surface area contributed by atoms with E-state index in [1.165, 1.54) is 0 Å². The zero-order valence-electron chi connectivity index (χ0n) is 19.3. The molecule has 3 rings (SSSR count). The van der Waals surface area contributed by atoms with Gasteiger partial charge in [-0.2, -0.15) is 0 Å². The predicted octanol–water partition coefficient (Wildman–Crippen LogP) is 6.98. The second-order valence-corrected chi connectivity index (χ2v) is 9.82. The molecule has 0 fully saturated rings. The highest BCUT2D eigenvalue weighted by atomic mass is 35.5. The van der Waals surface area contributed by atoms with Crippen LogP contribution in [0.5, 0.6) is 0 Å². The molecule has 0 heterocycles. The second kappa shape index (κ2) is 14.6. The summed E-state index contributed by atoms with van der Waals surface area (Å²) in [7, 11) is 1.82. The van der Waals surface area contributed by atoms with Gasteiger partial charge in [-0.1, -0.05) is 65.7 Å². The Morgan fingerprint density at radius 3 is 2.03 bits per heavy atom. The number of hydrogen-bond acceptors (Lipinski definition) is 3. The Hall–Kier alpha value is -1.79. The van der Waals surface area contributed by atoms with Gasteiger partial charge in [-0.05, 0) is 67.9 Å². The van der Waals surface area contributed by atoms with Crippen LogP contribution in [0, 0.1) is 0 Å². The Morgan fingerprint density at radius 1 is 0.882 bits per heavy atom. The number of benzene rings is 3. The molecule has 0 saturated heterocycles. The van der Waals surface area contributed by atoms with Gasteiger partial charge in [0.05, 0.1) is 0 Å². The van der Waals surface area contributed by atoms with Crippen LogP contribution >= 0.6 is 46.4 Å². The van der Waals surface area contributed by atoms with E-state index >= 15 is 0 Å². The molecule has 1 atom stereocenters. The fraction of sp³-hybridized carbons (Fsp3) is 0.269. The van der Waals surface area contributed by atoms with Crippen LogP contribution in [-0.2, 0) is 6.54 Å². The SMILES string of the molecule is CNNCc1ccc(C(=O)NC(C)C)cc1.Clc1ccc(C(c2ccccc2Cl)C(Cl)Cl)cc1. The highest BCUT2D eigenvalue weighted by molar-refractivity contribution is 6.45. The summed E-state index contributed by atoms with van der Waals surface area (Å²) in [6, 6.07) is 22.7. The summed E-state index contributed by atoms with van der Waals surface area (Å²) in [5.41, 5.74) is 9.58. The maximum atomic E-state index is 11.6. The van der Waals surface area contributed by atoms with E-state index in [1.807, 2.05) is 93.7 Å². The zero-order chi connectivity index (χ0) is 25.1. The lowest BCUT2D eigenvalue weighted by Gasteiger charge is -2.20. The molecule has 0 aliphatic heterocycles. The van der Waals surface area contributed by atoms with Gasteiger partial charge >= 0.3 is 0 Å². The van der Waals surface area contributed by atoms with E-state index in [9.17, 15) is 4.79 Å². The number of carbonyl (C=O) groups excluding carboxylic acids is 1. The molecule has 0 aromatic heterocycles. The van der Waals surface area contributed by atoms with Gasteiger partial charge < -0.3 is 5.32 Å². The van der Waals surface area contributed by atoms with E-state index in [1.54, 1.807) is 0 Å². The lowest BCUT2D eigenvalue weighted by molar-refractivity contribution is 0.0943. The first kappa shape index (κ1) is 28.4. The van der Waals surface area contributed by atoms with Crippen LogP contribution in [0.1, 0.15) is 46.8 Å². The van der Waals surface area contributed by atoms with Crippen molar-refractivity contribution in [2.24, 2.45) is 0 Å². The summed E-state index contributed by atoms with van der Waals surface area (Å²) >= 11 is 24.3. The highest BCUT2D eigenvalue weighted by Gasteiger charge is 2.23. The third-order valence-electron chi connectivity index (χ3n) is 4.83. The van der Waals surface area contributed by atoms with Gasteiger partial charge in [0.2, 0.25) is 0 Å². The maximum Gasteiger partial charge on any atom is 0.251 e. The van der Waals surface area contributed by atoms with Gasteiger partial charge in [-0.3, -0.25) is 15.6 Å². The number of hydrogen-bond donors (Lipinski definition) is 3. The monoisotopic (exact) mass is 539 g/mol. The molecule has 1 amide bonds. The van der Waals surface area contributed by atoms with Crippen LogP contribution < -0.4 is 16.2 Å². The van der Waals surface area contributed by atoms with Crippen molar-refractivity contribution in [2.75, 3.05) is 7.05 Å². The molecule has 182 valence electrons. The minimum Gasteiger partial charge on any atom is -0.350 e. The largest absolute Gasteiger partial charge is 0.350 e. The molecule has 1 unspecified atom stereocenters. The van der Waals surface area contributed by atoms with Crippen molar-refractivity contribution < 1.29 is 4.79 Å². The zero-order valence-corrected chi connectivity index (χ0v) is 22.3. The average Bonchev–Trinajstić information content (AvgIpc) is 2.80. The average molecular weight is 541 g/mol. The number of hydrazine groups is 1. The van der Waals surface area contributed by atoms with Crippen molar-refractivity contribution in [1.82, 2.24) is 16.2 Å². The Bertz CT molecular complexity index is 1020. The van der Waals surface area contributed by atoms with E-state index in [0.29, 0.717) is 15.6 Å². The molecule has 34 heavy (non-hydrogen) atoms. The molecule has 0 saturated carbocycles. The number of carbonyl (C=O) groups is 1. The van der Waals surface area contributed by atoms with Gasteiger partial charge in [-0.15, -0.1) is 23.2 Å². The molecular formula is C26H29Cl4N3O. The highest BCUT2D eigenvalue weighted by Crippen LogP contribution is 2.37. The molecule has 0 bridgehead atoms. The fourth-order valence-electron chi connectivity index (χ4n) is 3.17. The molecule has 0 aliphatic rings. The molecule has 3 N–H and O–H groups in total. The van der Waals surface area contributed by atoms with Crippen LogP contribution in [-0.4, -0.2) is 23.8 Å². The maximum absolute atomic E-state index is 11.6. The van der Waals surface area contributed by atoms with Gasteiger partial charge in [0.1, 0.15) is 4.84 Å². The van der Waals surface area contributed by atoms with E-state index in [2.05, 4.69) is 16.2 Å². The normalized spacial score (nSPS) is 11.7. The Labute approximate surface area is 221 Å². The van der Waals surface area contributed by atoms with Crippen molar-refractivity contribution in [1.29, 1.82) is 0 Å². The Morgan fingerprint density at radius 2 is 1.50 bits per heavy atom. The smallest absolute Gasteiger partial charge is 0.251 e. The number of nitrogens with one attached hydrogen (secondary N) is 3. The Balaban J connectivity index is 0.000000242. The third-order valence-corrected chi connectivity index (χ3v) is 5.93. The minimum absolute atomic E-state index is 0.0249. The number of amides is 1. The van der Waals surface area contributed by atoms with Crippen molar-refractivity contribution >= 4 is 52.3 Å². The number of alkyl halides is 2. The minimum atomic E-state index is -0.578. The van der Waals surface area contributed by atoms with E-state index in [-0.39, 0.29) is 17.9 Å². The summed E-state index contributed by atoms with van der Waals surface area (Å²) in [5, 5.41) is 4.19. The summed E-state index contributed by atoms with van der Waals surface area (Å²) in [5.74, 6) is -0.192. The molecule has 0 spiro atoms. The third kappa shape index (κ3) is 9.10. The van der Waals surface area contributed by atoms with Crippen molar-refractivity contribution in [3.63, 3.8) is 0 Å². The Kier molecular flexibility index (Phi) is 12.2. The summed E-state index contributed by atoms with van der Waals surface area (Å²) < 4.78 is 0. The summed E-state index contributed by atoms with van der Waals surface area (Å²) in [4.78, 5) is 11.1. The topological polar surface area (TPSA) is 53.2 Å². The van der Waals surface area contributed by atoms with Crippen molar-refractivity contribution in [3.8, 4) is 0 Å². The number of rotatable bonds is 8. The first-order valence-corrected chi connectivity index (χ1v) is 12.4. The molecule has 4 nitrogen and oxygen atoms in total. The lowest BCUT2D eigenvalue weighted by atomic mass is 9.93. The molecular weight excluding hydrogens is 512 g/mol. The lowest BCUT2D eigenvalue weighted by Crippen LogP contribution is -2.30. The number of halogens is 4. The fourth-order valence-corrected chi connectivity index (χ4v) is 4.11. The van der Waals surface area contributed by atoms with Crippen molar-refractivity contribution in [2.45, 2.75) is 37.2 Å². The van der Waals surface area contributed by atoms with Crippen LogP contribution in [0.2, 0.25) is 10.0 Å². The quantitative estimate of drug-likeness (QED) is 0.213. The van der Waals surface area contributed by atoms with Gasteiger partial charge in [0.25, 0.3) is 5.91 Å². The van der Waals surface area contributed by atoms with Crippen LogP contribution in [0.25, 0.3) is 0 Å². The molecule has 0 radical (unpaired) electrons. The van der Waals surface area contributed by atoms with E-state index in [0.717, 1.165) is 23.2 Å². The van der Waals surface area contributed by atoms with Crippen LogP contribution in [0.3, 0.4) is 0 Å². The van der Waals surface area contributed by atoms with E-state index < -0.39 is 4.84 Å². The molecule has 3 aromatic carbocycles. The molecule has 8 heteroatoms. The van der Waals surface area contributed by atoms with Gasteiger partial charge in [0.15, 0.2) is 0 Å². The second-order valence-electron chi connectivity index (χ2n) is 7.81. The van der Waals surface area contributed by atoms with Crippen LogP contribution in [0.15, 0.2) is 72.8 Å². The summed E-state index contributed by atoms with van der Waals surface area (Å²) in [6.07, 6.45) is 0. The van der Waals surface area contributed by atoms with Gasteiger partial charge in [0, 0.05) is 34.1 Å². The van der Waals surface area contributed by atoms with Crippen LogP contribution in [0.4, 0.5) is 0 Å². The first-order chi connectivity index (χ1) is 16.2.